The van der Waals surface area contributed by atoms with E-state index in [1.54, 1.807) is 0 Å². The van der Waals surface area contributed by atoms with E-state index in [-0.39, 0.29) is 0 Å². The van der Waals surface area contributed by atoms with Gasteiger partial charge in [0.15, 0.2) is 0 Å². The smallest absolute Gasteiger partial charge is 0.0709 e. The molecule has 8 rings (SSSR count). The summed E-state index contributed by atoms with van der Waals surface area (Å²) >= 11 is 1.81. The lowest BCUT2D eigenvalue weighted by Crippen LogP contribution is -1.98. The second-order valence-corrected chi connectivity index (χ2v) is 11.0. The number of hydrogen-bond donors (Lipinski definition) is 0. The lowest BCUT2D eigenvalue weighted by molar-refractivity contribution is 1.00. The number of allylic oxidation sites excluding steroid dienone is 1. The van der Waals surface area contributed by atoms with Crippen LogP contribution >= 0.6 is 11.3 Å². The van der Waals surface area contributed by atoms with Crippen molar-refractivity contribution >= 4 is 59.1 Å². The molecule has 174 valence electrons. The molecule has 0 fully saturated rings. The van der Waals surface area contributed by atoms with Crippen LogP contribution in [0.2, 0.25) is 0 Å². The molecule has 0 atom stereocenters. The molecule has 0 N–H and O–H groups in total. The van der Waals surface area contributed by atoms with Crippen LogP contribution in [0.5, 0.6) is 0 Å². The zero-order valence-corrected chi connectivity index (χ0v) is 21.1. The molecule has 2 heteroatoms. The van der Waals surface area contributed by atoms with Gasteiger partial charge in [0, 0.05) is 27.2 Å². The predicted octanol–water partition coefficient (Wildman–Crippen LogP) is 10.0. The van der Waals surface area contributed by atoms with Crippen LogP contribution in [0, 0.1) is 0 Å². The number of nitrogens with zero attached hydrogens (tertiary/aromatic N) is 1. The Morgan fingerprint density at radius 3 is 2.30 bits per heavy atom. The average molecular weight is 490 g/mol. The number of rotatable bonds is 2. The molecule has 1 aliphatic carbocycles. The van der Waals surface area contributed by atoms with Crippen LogP contribution < -0.4 is 0 Å². The maximum atomic E-state index is 4.85. The van der Waals surface area contributed by atoms with E-state index in [1.807, 2.05) is 17.5 Å². The molecular formula is C35H23NS. The highest BCUT2D eigenvalue weighted by Gasteiger charge is 2.15. The normalized spacial score (nSPS) is 13.1. The zero-order chi connectivity index (χ0) is 24.3. The van der Waals surface area contributed by atoms with Crippen LogP contribution in [0.1, 0.15) is 17.5 Å². The fraction of sp³-hybridized carbons (Fsp3) is 0.0571. The lowest BCUT2D eigenvalue weighted by Gasteiger charge is -2.18. The van der Waals surface area contributed by atoms with Crippen LogP contribution in [0.4, 0.5) is 0 Å². The van der Waals surface area contributed by atoms with Gasteiger partial charge >= 0.3 is 0 Å². The second kappa shape index (κ2) is 8.12. The summed E-state index contributed by atoms with van der Waals surface area (Å²) in [5.41, 5.74) is 7.50. The molecule has 0 amide bonds. The number of hydrogen-bond acceptors (Lipinski definition) is 2. The molecule has 0 aliphatic heterocycles. The molecule has 0 radical (unpaired) electrons. The van der Waals surface area contributed by atoms with Crippen LogP contribution in [0.25, 0.3) is 70.2 Å². The number of aromatic nitrogens is 1. The van der Waals surface area contributed by atoms with Crippen LogP contribution in [-0.4, -0.2) is 4.98 Å². The first kappa shape index (κ1) is 20.9. The van der Waals surface area contributed by atoms with Crippen molar-refractivity contribution in [1.29, 1.82) is 0 Å². The largest absolute Gasteiger partial charge is 0.255 e. The van der Waals surface area contributed by atoms with Gasteiger partial charge in [-0.05, 0) is 80.9 Å². The highest BCUT2D eigenvalue weighted by molar-refractivity contribution is 7.25. The number of thiophene rings is 1. The Bertz CT molecular complexity index is 2040. The molecule has 0 unspecified atom stereocenters. The van der Waals surface area contributed by atoms with E-state index in [0.29, 0.717) is 0 Å². The van der Waals surface area contributed by atoms with Crippen LogP contribution in [0.15, 0.2) is 109 Å². The molecule has 1 aliphatic rings. The molecule has 0 saturated heterocycles. The maximum absolute atomic E-state index is 4.85. The van der Waals surface area contributed by atoms with Crippen LogP contribution in [0.3, 0.4) is 0 Å². The van der Waals surface area contributed by atoms with Crippen molar-refractivity contribution in [2.24, 2.45) is 0 Å². The van der Waals surface area contributed by atoms with Crippen molar-refractivity contribution in [1.82, 2.24) is 4.98 Å². The Hall–Kier alpha value is -4.27. The Morgan fingerprint density at radius 1 is 0.568 bits per heavy atom. The average Bonchev–Trinajstić information content (AvgIpc) is 3.35. The SMILES string of the molecule is C1=Cc2c(c3ccccc3c3ccc(-c4cccc(-c5cc6c(cn5)sc5ccccc56)c4)cc23)CC1. The summed E-state index contributed by atoms with van der Waals surface area (Å²) in [7, 11) is 0. The maximum Gasteiger partial charge on any atom is 0.0709 e. The van der Waals surface area contributed by atoms with E-state index in [0.717, 1.165) is 24.1 Å². The van der Waals surface area contributed by atoms with Gasteiger partial charge in [0.1, 0.15) is 0 Å². The zero-order valence-electron chi connectivity index (χ0n) is 20.2. The molecule has 1 nitrogen and oxygen atoms in total. The highest BCUT2D eigenvalue weighted by atomic mass is 32.1. The summed E-state index contributed by atoms with van der Waals surface area (Å²) in [6.45, 7) is 0. The van der Waals surface area contributed by atoms with Crippen molar-refractivity contribution in [3.63, 3.8) is 0 Å². The van der Waals surface area contributed by atoms with E-state index in [4.69, 9.17) is 4.98 Å². The molecular weight excluding hydrogens is 466 g/mol. The Kier molecular flexibility index (Phi) is 4.58. The fourth-order valence-electron chi connectivity index (χ4n) is 6.01. The number of benzene rings is 5. The quantitative estimate of drug-likeness (QED) is 0.220. The van der Waals surface area contributed by atoms with E-state index in [2.05, 4.69) is 109 Å². The lowest BCUT2D eigenvalue weighted by atomic mass is 9.85. The summed E-state index contributed by atoms with van der Waals surface area (Å²) in [4.78, 5) is 4.85. The van der Waals surface area contributed by atoms with Gasteiger partial charge in [0.2, 0.25) is 0 Å². The minimum absolute atomic E-state index is 1.02. The Labute approximate surface area is 219 Å². The molecule has 2 aromatic heterocycles. The minimum atomic E-state index is 1.02. The fourth-order valence-corrected chi connectivity index (χ4v) is 7.06. The molecule has 2 heterocycles. The van der Waals surface area contributed by atoms with E-state index in [1.165, 1.54) is 64.0 Å². The molecule has 7 aromatic rings. The van der Waals surface area contributed by atoms with Gasteiger partial charge in [0.05, 0.1) is 10.4 Å². The number of aryl methyl sites for hydroxylation is 1. The summed E-state index contributed by atoms with van der Waals surface area (Å²) in [6.07, 6.45) is 8.90. The second-order valence-electron chi connectivity index (χ2n) is 9.88. The van der Waals surface area contributed by atoms with Crippen molar-refractivity contribution in [2.45, 2.75) is 12.8 Å². The number of pyridine rings is 1. The van der Waals surface area contributed by atoms with Crippen LogP contribution in [-0.2, 0) is 6.42 Å². The van der Waals surface area contributed by atoms with Gasteiger partial charge < -0.3 is 0 Å². The molecule has 0 bridgehead atoms. The third-order valence-corrected chi connectivity index (χ3v) is 8.90. The van der Waals surface area contributed by atoms with Gasteiger partial charge in [0.25, 0.3) is 0 Å². The minimum Gasteiger partial charge on any atom is -0.255 e. The predicted molar refractivity (Wildman–Crippen MR) is 160 cm³/mol. The standard InChI is InChI=1S/C35H23NS/c1-2-12-27-25(10-1)26-11-3-4-13-28(26)31-19-23(16-17-29(27)31)22-8-7-9-24(18-22)33-20-32-30-14-5-6-15-34(30)37-35(32)21-36-33/h1-2,4-10,12-21H,3,11H2. The summed E-state index contributed by atoms with van der Waals surface area (Å²) in [6, 6.07) is 35.5. The first-order valence-corrected chi connectivity index (χ1v) is 13.7. The Morgan fingerprint density at radius 2 is 1.35 bits per heavy atom. The molecule has 5 aromatic carbocycles. The molecule has 0 spiro atoms. The van der Waals surface area contributed by atoms with E-state index in [9.17, 15) is 0 Å². The van der Waals surface area contributed by atoms with Gasteiger partial charge in [-0.1, -0.05) is 84.9 Å². The third kappa shape index (κ3) is 3.26. The van der Waals surface area contributed by atoms with Crippen molar-refractivity contribution < 1.29 is 0 Å². The van der Waals surface area contributed by atoms with Crippen molar-refractivity contribution in [3.05, 3.63) is 120 Å². The monoisotopic (exact) mass is 489 g/mol. The highest BCUT2D eigenvalue weighted by Crippen LogP contribution is 2.39. The Balaban J connectivity index is 1.29. The topological polar surface area (TPSA) is 12.9 Å². The summed E-state index contributed by atoms with van der Waals surface area (Å²) in [5.74, 6) is 0. The summed E-state index contributed by atoms with van der Waals surface area (Å²) in [5, 5.41) is 8.02. The molecule has 37 heavy (non-hydrogen) atoms. The van der Waals surface area contributed by atoms with E-state index >= 15 is 0 Å². The van der Waals surface area contributed by atoms with Gasteiger partial charge in [-0.3, -0.25) is 4.98 Å². The first-order chi connectivity index (χ1) is 18.3. The van der Waals surface area contributed by atoms with E-state index < -0.39 is 0 Å². The summed E-state index contributed by atoms with van der Waals surface area (Å²) < 4.78 is 2.55. The van der Waals surface area contributed by atoms with Crippen molar-refractivity contribution in [2.75, 3.05) is 0 Å². The van der Waals surface area contributed by atoms with Gasteiger partial charge in [-0.15, -0.1) is 11.3 Å². The van der Waals surface area contributed by atoms with Crippen molar-refractivity contribution in [3.8, 4) is 22.4 Å². The first-order valence-electron chi connectivity index (χ1n) is 12.9. The number of fused-ring (bicyclic) bond motifs is 9. The third-order valence-electron chi connectivity index (χ3n) is 7.78. The van der Waals surface area contributed by atoms with Gasteiger partial charge in [-0.25, -0.2) is 0 Å². The van der Waals surface area contributed by atoms with Gasteiger partial charge in [-0.2, -0.15) is 0 Å². The molecule has 0 saturated carbocycles.